The van der Waals surface area contributed by atoms with Crippen LogP contribution in [0, 0.1) is 19.3 Å². The van der Waals surface area contributed by atoms with Crippen LogP contribution >= 0.6 is 22.9 Å². The summed E-state index contributed by atoms with van der Waals surface area (Å²) in [6, 6.07) is 3.31. The summed E-state index contributed by atoms with van der Waals surface area (Å²) in [5.74, 6) is 2.89. The van der Waals surface area contributed by atoms with Gasteiger partial charge in [0.2, 0.25) is 5.91 Å². The van der Waals surface area contributed by atoms with E-state index in [1.807, 2.05) is 12.3 Å². The summed E-state index contributed by atoms with van der Waals surface area (Å²) in [7, 11) is 1.49. The number of aryl methyl sites for hydroxylation is 1. The Hall–Kier alpha value is -2.56. The molecule has 0 saturated carbocycles. The van der Waals surface area contributed by atoms with Gasteiger partial charge in [-0.3, -0.25) is 4.79 Å². The Bertz CT molecular complexity index is 827. The summed E-state index contributed by atoms with van der Waals surface area (Å²) in [5, 5.41) is 7.01. The number of hydrazone groups is 1. The van der Waals surface area contributed by atoms with E-state index in [9.17, 15) is 4.79 Å². The van der Waals surface area contributed by atoms with Gasteiger partial charge < -0.3 is 9.47 Å². The lowest BCUT2D eigenvalue weighted by atomic mass is 10.2. The van der Waals surface area contributed by atoms with Crippen LogP contribution < -0.4 is 14.9 Å². The number of methoxy groups -OCH3 is 1. The second-order valence-electron chi connectivity index (χ2n) is 4.85. The Kier molecular flexibility index (Phi) is 6.81. The zero-order chi connectivity index (χ0) is 18.2. The van der Waals surface area contributed by atoms with Crippen molar-refractivity contribution in [2.24, 2.45) is 5.10 Å². The highest BCUT2D eigenvalue weighted by molar-refractivity contribution is 7.09. The third-order valence-electron chi connectivity index (χ3n) is 2.96. The number of aromatic nitrogens is 1. The fourth-order valence-electron chi connectivity index (χ4n) is 1.94. The molecule has 6 nitrogen and oxygen atoms in total. The van der Waals surface area contributed by atoms with Gasteiger partial charge in [-0.15, -0.1) is 17.8 Å². The summed E-state index contributed by atoms with van der Waals surface area (Å²) in [5.41, 5.74) is 3.80. The normalized spacial score (nSPS) is 10.5. The Labute approximate surface area is 154 Å². The van der Waals surface area contributed by atoms with Crippen LogP contribution in [0.5, 0.6) is 11.5 Å². The second kappa shape index (κ2) is 9.06. The molecule has 0 aliphatic rings. The van der Waals surface area contributed by atoms with Crippen molar-refractivity contribution in [3.05, 3.63) is 38.8 Å². The Morgan fingerprint density at radius 1 is 1.56 bits per heavy atom. The van der Waals surface area contributed by atoms with Crippen LogP contribution in [0.15, 0.2) is 22.6 Å². The van der Waals surface area contributed by atoms with Crippen molar-refractivity contribution in [3.8, 4) is 23.8 Å². The molecule has 25 heavy (non-hydrogen) atoms. The molecule has 0 radical (unpaired) electrons. The maximum atomic E-state index is 11.8. The van der Waals surface area contributed by atoms with E-state index in [-0.39, 0.29) is 18.9 Å². The van der Waals surface area contributed by atoms with Crippen LogP contribution in [0.4, 0.5) is 0 Å². The Balaban J connectivity index is 2.01. The van der Waals surface area contributed by atoms with E-state index in [0.717, 1.165) is 10.7 Å². The second-order valence-corrected chi connectivity index (χ2v) is 6.32. The van der Waals surface area contributed by atoms with Gasteiger partial charge in [0, 0.05) is 5.38 Å². The highest BCUT2D eigenvalue weighted by Gasteiger charge is 2.11. The molecule has 0 unspecified atom stereocenters. The third-order valence-corrected chi connectivity index (χ3v) is 4.07. The molecule has 130 valence electrons. The maximum absolute atomic E-state index is 11.8. The van der Waals surface area contributed by atoms with Crippen molar-refractivity contribution < 1.29 is 14.3 Å². The average Bonchev–Trinajstić information content (AvgIpc) is 2.98. The third kappa shape index (κ3) is 5.48. The summed E-state index contributed by atoms with van der Waals surface area (Å²) in [6.07, 6.45) is 6.81. The largest absolute Gasteiger partial charge is 0.493 e. The fourth-order valence-corrected chi connectivity index (χ4v) is 2.83. The van der Waals surface area contributed by atoms with Crippen molar-refractivity contribution in [2.45, 2.75) is 13.3 Å². The van der Waals surface area contributed by atoms with Crippen molar-refractivity contribution in [1.82, 2.24) is 10.4 Å². The van der Waals surface area contributed by atoms with Crippen LogP contribution in [0.3, 0.4) is 0 Å². The molecule has 0 saturated heterocycles. The van der Waals surface area contributed by atoms with E-state index >= 15 is 0 Å². The van der Waals surface area contributed by atoms with E-state index in [0.29, 0.717) is 22.1 Å². The summed E-state index contributed by atoms with van der Waals surface area (Å²) >= 11 is 7.67. The summed E-state index contributed by atoms with van der Waals surface area (Å²) in [4.78, 5) is 16.1. The predicted molar refractivity (Wildman–Crippen MR) is 98.6 cm³/mol. The number of carbonyl (C=O) groups excluding carboxylic acids is 1. The highest BCUT2D eigenvalue weighted by Crippen LogP contribution is 2.35. The van der Waals surface area contributed by atoms with Gasteiger partial charge >= 0.3 is 0 Å². The molecule has 0 aliphatic carbocycles. The van der Waals surface area contributed by atoms with Gasteiger partial charge in [0.05, 0.1) is 35.5 Å². The molecule has 0 bridgehead atoms. The van der Waals surface area contributed by atoms with Crippen LogP contribution in [0.1, 0.15) is 16.3 Å². The van der Waals surface area contributed by atoms with E-state index < -0.39 is 0 Å². The molecule has 0 spiro atoms. The first kappa shape index (κ1) is 18.8. The first-order chi connectivity index (χ1) is 12.0. The van der Waals surface area contributed by atoms with Gasteiger partial charge in [-0.1, -0.05) is 17.5 Å². The number of halogens is 1. The lowest BCUT2D eigenvalue weighted by molar-refractivity contribution is -0.120. The van der Waals surface area contributed by atoms with Crippen LogP contribution in [-0.2, 0) is 11.2 Å². The standard InChI is InChI=1S/C17H16ClN3O3S/c1-4-5-24-17-14(18)6-12(7-15(17)23-3)9-19-21-16(22)8-13-10-25-11(2)20-13/h1,6-7,9-10H,5,8H2,2-3H3,(H,21,22)/b19-9-. The number of carbonyl (C=O) groups is 1. The number of terminal acetylenes is 1. The number of rotatable bonds is 7. The highest BCUT2D eigenvalue weighted by atomic mass is 35.5. The zero-order valence-electron chi connectivity index (χ0n) is 13.7. The van der Waals surface area contributed by atoms with E-state index in [2.05, 4.69) is 21.4 Å². The summed E-state index contributed by atoms with van der Waals surface area (Å²) in [6.45, 7) is 1.97. The van der Waals surface area contributed by atoms with Gasteiger partial charge in [0.15, 0.2) is 11.5 Å². The van der Waals surface area contributed by atoms with Gasteiger partial charge in [0.25, 0.3) is 0 Å². The minimum absolute atomic E-state index is 0.0790. The van der Waals surface area contributed by atoms with E-state index in [1.54, 1.807) is 12.1 Å². The Morgan fingerprint density at radius 3 is 3.00 bits per heavy atom. The summed E-state index contributed by atoms with van der Waals surface area (Å²) < 4.78 is 10.6. The molecule has 2 aromatic rings. The smallest absolute Gasteiger partial charge is 0.246 e. The molecule has 1 aromatic carbocycles. The molecule has 2 rings (SSSR count). The van der Waals surface area contributed by atoms with Gasteiger partial charge in [-0.25, -0.2) is 10.4 Å². The van der Waals surface area contributed by atoms with Crippen LogP contribution in [0.2, 0.25) is 5.02 Å². The monoisotopic (exact) mass is 377 g/mol. The number of amides is 1. The number of hydrogen-bond donors (Lipinski definition) is 1. The molecule has 1 amide bonds. The van der Waals surface area contributed by atoms with E-state index in [1.165, 1.54) is 24.7 Å². The molecule has 1 aromatic heterocycles. The topological polar surface area (TPSA) is 72.8 Å². The number of thiazole rings is 1. The molecule has 1 N–H and O–H groups in total. The first-order valence-electron chi connectivity index (χ1n) is 7.20. The lowest BCUT2D eigenvalue weighted by Gasteiger charge is -2.11. The molecular formula is C17H16ClN3O3S. The quantitative estimate of drug-likeness (QED) is 0.457. The van der Waals surface area contributed by atoms with Crippen LogP contribution in [-0.4, -0.2) is 30.8 Å². The molecule has 0 fully saturated rings. The fraction of sp³-hybridized carbons (Fsp3) is 0.235. The molecule has 0 aliphatic heterocycles. The van der Waals surface area contributed by atoms with Crippen molar-refractivity contribution in [3.63, 3.8) is 0 Å². The van der Waals surface area contributed by atoms with Gasteiger partial charge in [0.1, 0.15) is 6.61 Å². The lowest BCUT2D eigenvalue weighted by Crippen LogP contribution is -2.19. The average molecular weight is 378 g/mol. The number of hydrogen-bond acceptors (Lipinski definition) is 6. The maximum Gasteiger partial charge on any atom is 0.246 e. The number of nitrogens with one attached hydrogen (secondary N) is 1. The first-order valence-corrected chi connectivity index (χ1v) is 8.46. The van der Waals surface area contributed by atoms with Gasteiger partial charge in [-0.05, 0) is 24.6 Å². The molecular weight excluding hydrogens is 362 g/mol. The Morgan fingerprint density at radius 2 is 2.36 bits per heavy atom. The predicted octanol–water partition coefficient (Wildman–Crippen LogP) is 2.82. The van der Waals surface area contributed by atoms with E-state index in [4.69, 9.17) is 27.5 Å². The number of nitrogens with zero attached hydrogens (tertiary/aromatic N) is 2. The number of benzene rings is 1. The SMILES string of the molecule is C#CCOc1c(Cl)cc(/C=N\NC(=O)Cc2csc(C)n2)cc1OC. The molecule has 0 atom stereocenters. The van der Waals surface area contributed by atoms with Gasteiger partial charge in [-0.2, -0.15) is 5.10 Å². The number of ether oxygens (including phenoxy) is 2. The van der Waals surface area contributed by atoms with Crippen molar-refractivity contribution in [2.75, 3.05) is 13.7 Å². The molecule has 8 heteroatoms. The minimum Gasteiger partial charge on any atom is -0.493 e. The van der Waals surface area contributed by atoms with Crippen molar-refractivity contribution >= 4 is 35.1 Å². The zero-order valence-corrected chi connectivity index (χ0v) is 15.3. The minimum atomic E-state index is -0.256. The molecule has 1 heterocycles. The van der Waals surface area contributed by atoms with Crippen LogP contribution in [0.25, 0.3) is 0 Å². The van der Waals surface area contributed by atoms with Crippen molar-refractivity contribution in [1.29, 1.82) is 0 Å².